The number of thiocarbonyl (C=S) groups is 1. The van der Waals surface area contributed by atoms with Gasteiger partial charge in [-0.05, 0) is 34.1 Å². The van der Waals surface area contributed by atoms with Gasteiger partial charge < -0.3 is 11.1 Å². The molecule has 0 unspecified atom stereocenters. The lowest BCUT2D eigenvalue weighted by Crippen LogP contribution is -2.41. The van der Waals surface area contributed by atoms with Gasteiger partial charge >= 0.3 is 0 Å². The van der Waals surface area contributed by atoms with Crippen LogP contribution >= 0.6 is 44.1 Å². The summed E-state index contributed by atoms with van der Waals surface area (Å²) < 4.78 is 1.60. The molecular weight excluding hydrogens is 380 g/mol. The summed E-state index contributed by atoms with van der Waals surface area (Å²) in [6.45, 7) is 4.19. The van der Waals surface area contributed by atoms with Crippen molar-refractivity contribution in [3.05, 3.63) is 32.7 Å². The van der Waals surface area contributed by atoms with Crippen molar-refractivity contribution in [2.45, 2.75) is 13.8 Å². The lowest BCUT2D eigenvalue weighted by Gasteiger charge is -2.23. The van der Waals surface area contributed by atoms with Gasteiger partial charge in [-0.2, -0.15) is 0 Å². The van der Waals surface area contributed by atoms with Crippen molar-refractivity contribution in [1.82, 2.24) is 5.32 Å². The SMILES string of the molecule is CC(C)(CNC(=O)c1cc(Br)ccc1Br)C(N)=S. The van der Waals surface area contributed by atoms with Crippen LogP contribution in [-0.2, 0) is 0 Å². The van der Waals surface area contributed by atoms with E-state index in [4.69, 9.17) is 18.0 Å². The lowest BCUT2D eigenvalue weighted by atomic mass is 9.93. The van der Waals surface area contributed by atoms with Crippen LogP contribution in [0.3, 0.4) is 0 Å². The Labute approximate surface area is 129 Å². The van der Waals surface area contributed by atoms with Gasteiger partial charge in [0.2, 0.25) is 0 Å². The molecule has 1 aromatic rings. The summed E-state index contributed by atoms with van der Waals surface area (Å²) in [6, 6.07) is 5.44. The van der Waals surface area contributed by atoms with Crippen molar-refractivity contribution >= 4 is 55.0 Å². The third kappa shape index (κ3) is 4.03. The normalized spacial score (nSPS) is 11.1. The Bertz CT molecular complexity index is 489. The van der Waals surface area contributed by atoms with Crippen LogP contribution in [0.2, 0.25) is 0 Å². The summed E-state index contributed by atoms with van der Waals surface area (Å²) in [7, 11) is 0. The van der Waals surface area contributed by atoms with E-state index >= 15 is 0 Å². The first kappa shape index (κ1) is 15.6. The number of hydrogen-bond donors (Lipinski definition) is 2. The van der Waals surface area contributed by atoms with Gasteiger partial charge in [0.05, 0.1) is 10.6 Å². The number of amides is 1. The van der Waals surface area contributed by atoms with Crippen molar-refractivity contribution in [2.75, 3.05) is 6.54 Å². The minimum Gasteiger partial charge on any atom is -0.393 e. The molecule has 0 radical (unpaired) electrons. The second-order valence-corrected chi connectivity index (χ2v) is 6.76. The molecule has 0 saturated heterocycles. The highest BCUT2D eigenvalue weighted by atomic mass is 79.9. The summed E-state index contributed by atoms with van der Waals surface area (Å²) in [6.07, 6.45) is 0. The number of benzene rings is 1. The molecule has 3 nitrogen and oxygen atoms in total. The van der Waals surface area contributed by atoms with E-state index in [-0.39, 0.29) is 5.91 Å². The fourth-order valence-corrected chi connectivity index (χ4v) is 2.02. The number of nitrogens with one attached hydrogen (secondary N) is 1. The molecule has 0 aliphatic heterocycles. The molecule has 0 aromatic heterocycles. The van der Waals surface area contributed by atoms with Crippen LogP contribution in [0, 0.1) is 5.41 Å². The van der Waals surface area contributed by atoms with Gasteiger partial charge in [0, 0.05) is 20.9 Å². The minimum atomic E-state index is -0.399. The first-order valence-electron chi connectivity index (χ1n) is 5.27. The largest absolute Gasteiger partial charge is 0.393 e. The highest BCUT2D eigenvalue weighted by Gasteiger charge is 2.22. The predicted molar refractivity (Wildman–Crippen MR) is 84.7 cm³/mol. The fraction of sp³-hybridized carbons (Fsp3) is 0.333. The first-order chi connectivity index (χ1) is 8.24. The Hall–Kier alpha value is -0.460. The molecule has 0 heterocycles. The third-order valence-electron chi connectivity index (χ3n) is 2.53. The van der Waals surface area contributed by atoms with Crippen LogP contribution in [0.5, 0.6) is 0 Å². The van der Waals surface area contributed by atoms with Crippen molar-refractivity contribution in [3.63, 3.8) is 0 Å². The second kappa shape index (κ2) is 6.12. The smallest absolute Gasteiger partial charge is 0.252 e. The maximum Gasteiger partial charge on any atom is 0.252 e. The lowest BCUT2D eigenvalue weighted by molar-refractivity contribution is 0.0944. The van der Waals surface area contributed by atoms with Gasteiger partial charge in [-0.15, -0.1) is 0 Å². The van der Waals surface area contributed by atoms with E-state index in [1.54, 1.807) is 6.07 Å². The van der Waals surface area contributed by atoms with E-state index in [1.165, 1.54) is 0 Å². The summed E-state index contributed by atoms with van der Waals surface area (Å²) in [5.41, 5.74) is 5.79. The number of carbonyl (C=O) groups is 1. The van der Waals surface area contributed by atoms with Crippen molar-refractivity contribution < 1.29 is 4.79 Å². The van der Waals surface area contributed by atoms with Crippen LogP contribution in [0.15, 0.2) is 27.1 Å². The molecule has 98 valence electrons. The Morgan fingerprint density at radius 3 is 2.61 bits per heavy atom. The number of carbonyl (C=O) groups excluding carboxylic acids is 1. The van der Waals surface area contributed by atoms with Gasteiger partial charge in [-0.1, -0.05) is 42.0 Å². The molecule has 3 N–H and O–H groups in total. The molecule has 0 bridgehead atoms. The molecule has 1 rings (SSSR count). The van der Waals surface area contributed by atoms with Crippen molar-refractivity contribution in [2.24, 2.45) is 11.1 Å². The highest BCUT2D eigenvalue weighted by Crippen LogP contribution is 2.22. The molecule has 1 amide bonds. The predicted octanol–water partition coefficient (Wildman–Crippen LogP) is 3.25. The molecule has 0 atom stereocenters. The molecule has 0 aliphatic carbocycles. The first-order valence-corrected chi connectivity index (χ1v) is 7.26. The average molecular weight is 394 g/mol. The quantitative estimate of drug-likeness (QED) is 0.772. The Morgan fingerprint density at radius 2 is 2.06 bits per heavy atom. The van der Waals surface area contributed by atoms with Gasteiger partial charge in [0.25, 0.3) is 5.91 Å². The van der Waals surface area contributed by atoms with Crippen LogP contribution in [0.25, 0.3) is 0 Å². The van der Waals surface area contributed by atoms with Crippen LogP contribution in [-0.4, -0.2) is 17.4 Å². The van der Waals surface area contributed by atoms with Crippen LogP contribution in [0.1, 0.15) is 24.2 Å². The van der Waals surface area contributed by atoms with Crippen LogP contribution < -0.4 is 11.1 Å². The zero-order valence-electron chi connectivity index (χ0n) is 10.1. The van der Waals surface area contributed by atoms with Gasteiger partial charge in [-0.3, -0.25) is 4.79 Å². The van der Waals surface area contributed by atoms with Gasteiger partial charge in [0.1, 0.15) is 0 Å². The van der Waals surface area contributed by atoms with E-state index in [0.29, 0.717) is 17.1 Å². The van der Waals surface area contributed by atoms with Gasteiger partial charge in [0.15, 0.2) is 0 Å². The Kier molecular flexibility index (Phi) is 5.31. The molecule has 0 spiro atoms. The van der Waals surface area contributed by atoms with E-state index in [1.807, 2.05) is 26.0 Å². The zero-order chi connectivity index (χ0) is 13.9. The summed E-state index contributed by atoms with van der Waals surface area (Å²) in [5.74, 6) is -0.160. The Morgan fingerprint density at radius 1 is 1.44 bits per heavy atom. The fourth-order valence-electron chi connectivity index (χ4n) is 1.16. The average Bonchev–Trinajstić information content (AvgIpc) is 2.29. The Balaban J connectivity index is 2.78. The molecule has 6 heteroatoms. The third-order valence-corrected chi connectivity index (χ3v) is 4.27. The van der Waals surface area contributed by atoms with Crippen molar-refractivity contribution in [3.8, 4) is 0 Å². The molecule has 0 aliphatic rings. The number of hydrogen-bond acceptors (Lipinski definition) is 2. The summed E-state index contributed by atoms with van der Waals surface area (Å²) in [4.78, 5) is 12.4. The second-order valence-electron chi connectivity index (χ2n) is 4.55. The maximum atomic E-state index is 12.0. The molecule has 1 aromatic carbocycles. The zero-order valence-corrected chi connectivity index (χ0v) is 14.1. The van der Waals surface area contributed by atoms with E-state index < -0.39 is 5.41 Å². The van der Waals surface area contributed by atoms with Crippen LogP contribution in [0.4, 0.5) is 0 Å². The topological polar surface area (TPSA) is 55.1 Å². The van der Waals surface area contributed by atoms with E-state index in [0.717, 1.165) is 8.95 Å². The minimum absolute atomic E-state index is 0.160. The summed E-state index contributed by atoms with van der Waals surface area (Å²) in [5, 5.41) is 2.83. The molecule has 18 heavy (non-hydrogen) atoms. The number of rotatable bonds is 4. The molecular formula is C12H14Br2N2OS. The van der Waals surface area contributed by atoms with E-state index in [2.05, 4.69) is 37.2 Å². The maximum absolute atomic E-state index is 12.0. The number of nitrogens with two attached hydrogens (primary N) is 1. The number of halogens is 2. The monoisotopic (exact) mass is 392 g/mol. The highest BCUT2D eigenvalue weighted by molar-refractivity contribution is 9.11. The van der Waals surface area contributed by atoms with E-state index in [9.17, 15) is 4.79 Å². The standard InChI is InChI=1S/C12H14Br2N2OS/c1-12(2,11(15)18)6-16-10(17)8-5-7(13)3-4-9(8)14/h3-5H,6H2,1-2H3,(H2,15,18)(H,16,17). The van der Waals surface area contributed by atoms with Crippen molar-refractivity contribution in [1.29, 1.82) is 0 Å². The summed E-state index contributed by atoms with van der Waals surface area (Å²) >= 11 is 11.6. The molecule has 0 fully saturated rings. The molecule has 0 saturated carbocycles. The van der Waals surface area contributed by atoms with Gasteiger partial charge in [-0.25, -0.2) is 0 Å².